The highest BCUT2D eigenvalue weighted by Crippen LogP contribution is 2.34. The van der Waals surface area contributed by atoms with Crippen LogP contribution in [0.15, 0.2) is 60.8 Å². The van der Waals surface area contributed by atoms with Gasteiger partial charge in [0.15, 0.2) is 5.82 Å². The first-order valence-corrected chi connectivity index (χ1v) is 13.6. The van der Waals surface area contributed by atoms with E-state index < -0.39 is 5.97 Å². The van der Waals surface area contributed by atoms with Crippen molar-refractivity contribution in [1.29, 1.82) is 0 Å². The number of rotatable bonds is 7. The fourth-order valence-electron chi connectivity index (χ4n) is 5.42. The average molecular weight is 514 g/mol. The van der Waals surface area contributed by atoms with Gasteiger partial charge in [0.25, 0.3) is 0 Å². The van der Waals surface area contributed by atoms with Crippen LogP contribution in [0.5, 0.6) is 0 Å². The van der Waals surface area contributed by atoms with Crippen LogP contribution in [0.2, 0.25) is 0 Å². The highest BCUT2D eigenvalue weighted by molar-refractivity contribution is 6.02. The molecular formula is C31H35N3O4. The first-order chi connectivity index (χ1) is 18.5. The standard InChI is InChI=1S/C31H35N3O4/c1-22-7-13-25(14-8-22)30(35)34(27-17-19-38-20-18-27)29-28(31(36)37)21-33(32-29)26-15-11-24(12-16-26)10-9-23-5-3-2-4-6-23/h2-6,9-12,15-16,21-22,25,27H,7-8,13-14,17-20H2,1H3,(H,36,37)/b10-9-. The van der Waals surface area contributed by atoms with Crippen molar-refractivity contribution in [3.05, 3.63) is 77.5 Å². The van der Waals surface area contributed by atoms with E-state index in [9.17, 15) is 14.7 Å². The predicted molar refractivity (Wildman–Crippen MR) is 148 cm³/mol. The second kappa shape index (κ2) is 11.8. The molecule has 5 rings (SSSR count). The molecule has 7 heteroatoms. The molecule has 0 unspecified atom stereocenters. The molecule has 38 heavy (non-hydrogen) atoms. The van der Waals surface area contributed by atoms with Gasteiger partial charge in [0.1, 0.15) is 5.56 Å². The molecular weight excluding hydrogens is 478 g/mol. The molecule has 2 aliphatic rings. The van der Waals surface area contributed by atoms with E-state index in [1.165, 1.54) is 6.20 Å². The fraction of sp³-hybridized carbons (Fsp3) is 0.387. The molecule has 3 aromatic rings. The molecule has 2 heterocycles. The molecule has 1 aliphatic carbocycles. The largest absolute Gasteiger partial charge is 0.477 e. The fourth-order valence-corrected chi connectivity index (χ4v) is 5.42. The third-order valence-corrected chi connectivity index (χ3v) is 7.74. The monoisotopic (exact) mass is 513 g/mol. The van der Waals surface area contributed by atoms with Crippen LogP contribution >= 0.6 is 0 Å². The smallest absolute Gasteiger partial charge is 0.341 e. The summed E-state index contributed by atoms with van der Waals surface area (Å²) in [5.74, 6) is -0.332. The minimum absolute atomic E-state index is 0.00190. The number of hydrogen-bond acceptors (Lipinski definition) is 4. The van der Waals surface area contributed by atoms with Crippen LogP contribution in [-0.4, -0.2) is 46.0 Å². The lowest BCUT2D eigenvalue weighted by molar-refractivity contribution is -0.124. The Balaban J connectivity index is 1.44. The van der Waals surface area contributed by atoms with Crippen LogP contribution in [0, 0.1) is 11.8 Å². The van der Waals surface area contributed by atoms with E-state index in [0.717, 1.165) is 42.5 Å². The number of benzene rings is 2. The lowest BCUT2D eigenvalue weighted by atomic mass is 9.82. The van der Waals surface area contributed by atoms with Crippen LogP contribution < -0.4 is 4.90 Å². The van der Waals surface area contributed by atoms with Gasteiger partial charge in [0, 0.05) is 31.4 Å². The maximum atomic E-state index is 13.9. The highest BCUT2D eigenvalue weighted by atomic mass is 16.5. The average Bonchev–Trinajstić information content (AvgIpc) is 3.39. The van der Waals surface area contributed by atoms with Crippen LogP contribution in [0.3, 0.4) is 0 Å². The van der Waals surface area contributed by atoms with E-state index in [1.807, 2.05) is 66.7 Å². The predicted octanol–water partition coefficient (Wildman–Crippen LogP) is 6.08. The number of ether oxygens (including phenoxy) is 1. The van der Waals surface area contributed by atoms with Crippen molar-refractivity contribution in [2.75, 3.05) is 18.1 Å². The van der Waals surface area contributed by atoms with E-state index in [-0.39, 0.29) is 29.2 Å². The van der Waals surface area contributed by atoms with Crippen molar-refractivity contribution >= 4 is 29.8 Å². The molecule has 1 saturated carbocycles. The van der Waals surface area contributed by atoms with Crippen molar-refractivity contribution < 1.29 is 19.4 Å². The summed E-state index contributed by atoms with van der Waals surface area (Å²) in [6.07, 6.45) is 10.6. The number of carbonyl (C=O) groups excluding carboxylic acids is 1. The Labute approximate surface area is 223 Å². The minimum Gasteiger partial charge on any atom is -0.477 e. The molecule has 1 saturated heterocycles. The minimum atomic E-state index is -1.09. The lowest BCUT2D eigenvalue weighted by Gasteiger charge is -2.37. The van der Waals surface area contributed by atoms with E-state index in [0.29, 0.717) is 32.0 Å². The van der Waals surface area contributed by atoms with Crippen LogP contribution in [0.25, 0.3) is 17.8 Å². The lowest BCUT2D eigenvalue weighted by Crippen LogP contribution is -2.47. The quantitative estimate of drug-likeness (QED) is 0.387. The number of carboxylic acid groups (broad SMARTS) is 1. The third-order valence-electron chi connectivity index (χ3n) is 7.74. The SMILES string of the molecule is CC1CCC(C(=O)N(c2nn(-c3ccc(/C=C\c4ccccc4)cc3)cc2C(=O)O)C2CCOCC2)CC1. The Bertz CT molecular complexity index is 1270. The Hall–Kier alpha value is -3.71. The Morgan fingerprint density at radius 2 is 1.55 bits per heavy atom. The van der Waals surface area contributed by atoms with Gasteiger partial charge in [-0.3, -0.25) is 9.69 Å². The van der Waals surface area contributed by atoms with Crippen LogP contribution in [-0.2, 0) is 9.53 Å². The van der Waals surface area contributed by atoms with Gasteiger partial charge in [0.2, 0.25) is 5.91 Å². The molecule has 0 atom stereocenters. The Kier molecular flexibility index (Phi) is 8.03. The number of aromatic nitrogens is 2. The normalized spacial score (nSPS) is 20.4. The Morgan fingerprint density at radius 1 is 0.921 bits per heavy atom. The van der Waals surface area contributed by atoms with Gasteiger partial charge in [-0.25, -0.2) is 9.48 Å². The molecule has 0 bridgehead atoms. The number of carboxylic acids is 1. The summed E-state index contributed by atoms with van der Waals surface area (Å²) in [6, 6.07) is 17.7. The van der Waals surface area contributed by atoms with Gasteiger partial charge >= 0.3 is 5.97 Å². The van der Waals surface area contributed by atoms with Gasteiger partial charge in [-0.15, -0.1) is 5.10 Å². The van der Waals surface area contributed by atoms with Gasteiger partial charge in [-0.05, 0) is 67.7 Å². The van der Waals surface area contributed by atoms with Gasteiger partial charge in [0.05, 0.1) is 5.69 Å². The summed E-state index contributed by atoms with van der Waals surface area (Å²) >= 11 is 0. The zero-order valence-corrected chi connectivity index (χ0v) is 21.8. The highest BCUT2D eigenvalue weighted by Gasteiger charge is 2.37. The zero-order chi connectivity index (χ0) is 26.5. The van der Waals surface area contributed by atoms with E-state index in [4.69, 9.17) is 9.84 Å². The van der Waals surface area contributed by atoms with Crippen LogP contribution in [0.4, 0.5) is 5.82 Å². The number of amides is 1. The number of aromatic carboxylic acids is 1. The molecule has 1 aliphatic heterocycles. The molecule has 0 radical (unpaired) electrons. The maximum Gasteiger partial charge on any atom is 0.341 e. The van der Waals surface area contributed by atoms with Crippen molar-refractivity contribution in [3.63, 3.8) is 0 Å². The number of hydrogen-bond donors (Lipinski definition) is 1. The third kappa shape index (κ3) is 5.89. The second-order valence-electron chi connectivity index (χ2n) is 10.5. The van der Waals surface area contributed by atoms with E-state index in [1.54, 1.807) is 9.58 Å². The molecule has 2 fully saturated rings. The summed E-state index contributed by atoms with van der Waals surface area (Å²) in [4.78, 5) is 27.9. The molecule has 1 amide bonds. The molecule has 7 nitrogen and oxygen atoms in total. The van der Waals surface area contributed by atoms with E-state index in [2.05, 4.69) is 6.92 Å². The number of nitrogens with zero attached hydrogens (tertiary/aromatic N) is 3. The maximum absolute atomic E-state index is 13.9. The summed E-state index contributed by atoms with van der Waals surface area (Å²) in [5, 5.41) is 14.8. The number of anilines is 1. The zero-order valence-electron chi connectivity index (χ0n) is 21.8. The molecule has 1 aromatic heterocycles. The first-order valence-electron chi connectivity index (χ1n) is 13.6. The van der Waals surface area contributed by atoms with Crippen molar-refractivity contribution in [2.45, 2.75) is 51.5 Å². The van der Waals surface area contributed by atoms with Crippen molar-refractivity contribution in [1.82, 2.24) is 9.78 Å². The second-order valence-corrected chi connectivity index (χ2v) is 10.5. The van der Waals surface area contributed by atoms with Gasteiger partial charge < -0.3 is 9.84 Å². The molecule has 198 valence electrons. The number of carbonyl (C=O) groups is 2. The van der Waals surface area contributed by atoms with Gasteiger partial charge in [-0.1, -0.05) is 61.5 Å². The summed E-state index contributed by atoms with van der Waals surface area (Å²) in [5.41, 5.74) is 2.92. The first kappa shape index (κ1) is 25.9. The molecule has 1 N–H and O–H groups in total. The summed E-state index contributed by atoms with van der Waals surface area (Å²) < 4.78 is 7.13. The molecule has 0 spiro atoms. The summed E-state index contributed by atoms with van der Waals surface area (Å²) in [7, 11) is 0. The topological polar surface area (TPSA) is 84.7 Å². The van der Waals surface area contributed by atoms with Gasteiger partial charge in [-0.2, -0.15) is 0 Å². The van der Waals surface area contributed by atoms with E-state index >= 15 is 0 Å². The molecule has 2 aromatic carbocycles. The van der Waals surface area contributed by atoms with Crippen molar-refractivity contribution in [2.24, 2.45) is 11.8 Å². The Morgan fingerprint density at radius 3 is 2.18 bits per heavy atom. The van der Waals surface area contributed by atoms with Crippen LogP contribution in [0.1, 0.15) is 66.9 Å². The summed E-state index contributed by atoms with van der Waals surface area (Å²) in [6.45, 7) is 3.33. The van der Waals surface area contributed by atoms with Crippen molar-refractivity contribution in [3.8, 4) is 5.69 Å².